The molecule has 1 aromatic heterocycles. The van der Waals surface area contributed by atoms with Crippen LogP contribution in [0, 0.1) is 6.92 Å². The molecule has 2 aliphatic heterocycles. The van der Waals surface area contributed by atoms with E-state index in [-0.39, 0.29) is 5.82 Å². The molecule has 1 aromatic rings. The Balaban J connectivity index is 2.02. The van der Waals surface area contributed by atoms with Crippen LogP contribution in [0.4, 0.5) is 5.82 Å². The molecule has 3 heterocycles. The fourth-order valence-electron chi connectivity index (χ4n) is 3.34. The maximum absolute atomic E-state index is 12.3. The van der Waals surface area contributed by atoms with E-state index in [1.807, 2.05) is 6.92 Å². The van der Waals surface area contributed by atoms with Crippen LogP contribution in [0.5, 0.6) is 0 Å². The van der Waals surface area contributed by atoms with Crippen LogP contribution in [0.3, 0.4) is 0 Å². The fraction of sp³-hybridized carbons (Fsp3) is 0.714. The van der Waals surface area contributed by atoms with Gasteiger partial charge in [-0.25, -0.2) is 9.36 Å². The van der Waals surface area contributed by atoms with Crippen molar-refractivity contribution in [3.8, 4) is 0 Å². The van der Waals surface area contributed by atoms with Gasteiger partial charge in [0.2, 0.25) is 0 Å². The summed E-state index contributed by atoms with van der Waals surface area (Å²) in [5.41, 5.74) is 4.83. The Morgan fingerprint density at radius 2 is 2.32 bits per heavy atom. The average Bonchev–Trinajstić information content (AvgIpc) is 2.73. The number of aryl methyl sites for hydroxylation is 1. The van der Waals surface area contributed by atoms with Crippen LogP contribution in [0.15, 0.2) is 11.0 Å². The van der Waals surface area contributed by atoms with E-state index in [9.17, 15) is 14.3 Å². The predicted molar refractivity (Wildman–Crippen MR) is 86.9 cm³/mol. The Kier molecular flexibility index (Phi) is 4.78. The lowest BCUT2D eigenvalue weighted by Crippen LogP contribution is -2.49. The van der Waals surface area contributed by atoms with Crippen molar-refractivity contribution in [2.75, 3.05) is 19.5 Å². The number of anilines is 1. The topological polar surface area (TPSA) is 135 Å². The second-order valence-electron chi connectivity index (χ2n) is 6.19. The normalized spacial score (nSPS) is 34.0. The SMILES string of the molecule is CC[C@@]12CCO[C@@H]([C@H]1OP(=O)(O)OC)[C@@H](n1cc(C)c(N)nc1=O)O2. The van der Waals surface area contributed by atoms with Crippen LogP contribution < -0.4 is 11.4 Å². The molecule has 3 rings (SSSR count). The molecule has 0 spiro atoms. The van der Waals surface area contributed by atoms with E-state index >= 15 is 0 Å². The zero-order valence-corrected chi connectivity index (χ0v) is 15.1. The molecule has 1 unspecified atom stereocenters. The van der Waals surface area contributed by atoms with Crippen molar-refractivity contribution in [1.29, 1.82) is 0 Å². The van der Waals surface area contributed by atoms with Gasteiger partial charge in [0.1, 0.15) is 23.6 Å². The Hall–Kier alpha value is -1.29. The van der Waals surface area contributed by atoms with Gasteiger partial charge in [-0.1, -0.05) is 6.92 Å². The third-order valence-electron chi connectivity index (χ3n) is 4.81. The minimum absolute atomic E-state index is 0.139. The number of rotatable bonds is 5. The third kappa shape index (κ3) is 3.14. The highest BCUT2D eigenvalue weighted by molar-refractivity contribution is 7.47. The lowest BCUT2D eigenvalue weighted by Gasteiger charge is -2.37. The first-order valence-electron chi connectivity index (χ1n) is 7.94. The molecule has 0 saturated carbocycles. The number of phosphoric ester groups is 1. The number of hydrogen-bond acceptors (Lipinski definition) is 8. The molecule has 3 N–H and O–H groups in total. The molecule has 140 valence electrons. The third-order valence-corrected chi connectivity index (χ3v) is 5.77. The molecule has 2 aliphatic rings. The summed E-state index contributed by atoms with van der Waals surface area (Å²) in [6, 6.07) is 0. The van der Waals surface area contributed by atoms with Crippen molar-refractivity contribution in [3.63, 3.8) is 0 Å². The van der Waals surface area contributed by atoms with Gasteiger partial charge in [-0.05, 0) is 13.3 Å². The predicted octanol–water partition coefficient (Wildman–Crippen LogP) is 0.732. The molecule has 2 bridgehead atoms. The first kappa shape index (κ1) is 18.5. The Labute approximate surface area is 144 Å². The molecular weight excluding hydrogens is 353 g/mol. The van der Waals surface area contributed by atoms with Crippen molar-refractivity contribution < 1.29 is 28.0 Å². The summed E-state index contributed by atoms with van der Waals surface area (Å²) in [5, 5.41) is 0. The van der Waals surface area contributed by atoms with E-state index < -0.39 is 37.5 Å². The number of nitrogens with zero attached hydrogens (tertiary/aromatic N) is 2. The average molecular weight is 375 g/mol. The van der Waals surface area contributed by atoms with Gasteiger partial charge in [0.15, 0.2) is 6.23 Å². The van der Waals surface area contributed by atoms with Crippen molar-refractivity contribution >= 4 is 13.6 Å². The Morgan fingerprint density at radius 1 is 1.60 bits per heavy atom. The summed E-state index contributed by atoms with van der Waals surface area (Å²) in [4.78, 5) is 25.8. The number of aromatic nitrogens is 2. The maximum Gasteiger partial charge on any atom is 0.472 e. The highest BCUT2D eigenvalue weighted by Gasteiger charge is 2.60. The molecular formula is C14H22N3O7P. The fourth-order valence-corrected chi connectivity index (χ4v) is 4.03. The van der Waals surface area contributed by atoms with E-state index in [4.69, 9.17) is 19.7 Å². The quantitative estimate of drug-likeness (QED) is 0.714. The van der Waals surface area contributed by atoms with E-state index in [0.717, 1.165) is 7.11 Å². The molecule has 2 fully saturated rings. The summed E-state index contributed by atoms with van der Waals surface area (Å²) in [6.45, 7) is 3.98. The minimum Gasteiger partial charge on any atom is -0.383 e. The molecule has 0 aromatic carbocycles. The van der Waals surface area contributed by atoms with Gasteiger partial charge < -0.3 is 20.1 Å². The molecule has 5 atom stereocenters. The molecule has 10 nitrogen and oxygen atoms in total. The molecule has 2 saturated heterocycles. The van der Waals surface area contributed by atoms with Gasteiger partial charge >= 0.3 is 13.5 Å². The van der Waals surface area contributed by atoms with Crippen LogP contribution in [0.2, 0.25) is 0 Å². The van der Waals surface area contributed by atoms with Gasteiger partial charge in [-0.15, -0.1) is 0 Å². The van der Waals surface area contributed by atoms with Crippen molar-refractivity contribution in [2.24, 2.45) is 0 Å². The van der Waals surface area contributed by atoms with Gasteiger partial charge in [-0.2, -0.15) is 4.98 Å². The molecule has 11 heteroatoms. The highest BCUT2D eigenvalue weighted by Crippen LogP contribution is 2.54. The number of nitrogens with two attached hydrogens (primary N) is 1. The molecule has 25 heavy (non-hydrogen) atoms. The first-order valence-corrected chi connectivity index (χ1v) is 9.44. The smallest absolute Gasteiger partial charge is 0.383 e. The van der Waals surface area contributed by atoms with Gasteiger partial charge in [0.05, 0.1) is 6.61 Å². The van der Waals surface area contributed by atoms with Crippen molar-refractivity contribution in [3.05, 3.63) is 22.2 Å². The van der Waals surface area contributed by atoms with E-state index in [1.54, 1.807) is 6.92 Å². The van der Waals surface area contributed by atoms with Crippen molar-refractivity contribution in [2.45, 2.75) is 50.7 Å². The van der Waals surface area contributed by atoms with Crippen LogP contribution in [0.1, 0.15) is 31.6 Å². The number of ether oxygens (including phenoxy) is 2. The van der Waals surface area contributed by atoms with Crippen molar-refractivity contribution in [1.82, 2.24) is 9.55 Å². The van der Waals surface area contributed by atoms with Crippen LogP contribution in [0.25, 0.3) is 0 Å². The summed E-state index contributed by atoms with van der Waals surface area (Å²) < 4.78 is 35.0. The van der Waals surface area contributed by atoms with Crippen LogP contribution in [-0.2, 0) is 23.1 Å². The zero-order chi connectivity index (χ0) is 18.4. The number of nitrogen functional groups attached to an aromatic ring is 1. The minimum atomic E-state index is -4.26. The summed E-state index contributed by atoms with van der Waals surface area (Å²) in [7, 11) is -3.18. The lowest BCUT2D eigenvalue weighted by atomic mass is 9.87. The van der Waals surface area contributed by atoms with Gasteiger partial charge in [-0.3, -0.25) is 13.6 Å². The summed E-state index contributed by atoms with van der Waals surface area (Å²) >= 11 is 0. The molecule has 0 amide bonds. The first-order chi connectivity index (χ1) is 11.7. The maximum atomic E-state index is 12.3. The van der Waals surface area contributed by atoms with Gasteiger partial charge in [0.25, 0.3) is 0 Å². The largest absolute Gasteiger partial charge is 0.472 e. The lowest BCUT2D eigenvalue weighted by molar-refractivity contribution is -0.120. The molecule has 0 radical (unpaired) electrons. The summed E-state index contributed by atoms with van der Waals surface area (Å²) in [6.07, 6.45) is 0.0380. The second kappa shape index (κ2) is 6.46. The van der Waals surface area contributed by atoms with E-state index in [1.165, 1.54) is 10.8 Å². The number of phosphoric acid groups is 1. The highest BCUT2D eigenvalue weighted by atomic mass is 31.2. The van der Waals surface area contributed by atoms with Gasteiger partial charge in [0, 0.05) is 25.3 Å². The molecule has 0 aliphatic carbocycles. The van der Waals surface area contributed by atoms with Crippen LogP contribution in [-0.4, -0.2) is 46.0 Å². The van der Waals surface area contributed by atoms with Crippen LogP contribution >= 0.6 is 7.82 Å². The summed E-state index contributed by atoms with van der Waals surface area (Å²) in [5.74, 6) is 0.139. The number of fused-ring (bicyclic) bond motifs is 2. The number of hydrogen-bond donors (Lipinski definition) is 2. The standard InChI is InChI=1S/C14H22N3O7P/c1-4-14-5-6-22-9(10(14)24-25(19,20)21-3)12(23-14)17-7-8(2)11(15)16-13(17)18/h7,9-10,12H,4-6H2,1-3H3,(H,19,20)(H2,15,16,18)/t9-,10+,12-,14+/m0/s1. The zero-order valence-electron chi connectivity index (χ0n) is 14.2. The Bertz CT molecular complexity index is 769. The van der Waals surface area contributed by atoms with E-state index in [2.05, 4.69) is 9.51 Å². The van der Waals surface area contributed by atoms with E-state index in [0.29, 0.717) is 25.0 Å². The second-order valence-corrected chi connectivity index (χ2v) is 7.70. The Morgan fingerprint density at radius 3 is 2.96 bits per heavy atom. The monoisotopic (exact) mass is 375 g/mol.